The van der Waals surface area contributed by atoms with E-state index in [1.54, 1.807) is 12.4 Å². The van der Waals surface area contributed by atoms with Crippen molar-refractivity contribution in [3.63, 3.8) is 0 Å². The zero-order valence-corrected chi connectivity index (χ0v) is 15.6. The van der Waals surface area contributed by atoms with Crippen LogP contribution in [-0.2, 0) is 0 Å². The first-order valence-electron chi connectivity index (χ1n) is 8.87. The Hall–Kier alpha value is -3.80. The van der Waals surface area contributed by atoms with E-state index >= 15 is 0 Å². The smallest absolute Gasteiger partial charge is 0.256 e. The van der Waals surface area contributed by atoms with E-state index in [0.29, 0.717) is 11.4 Å². The van der Waals surface area contributed by atoms with Crippen LogP contribution in [0.2, 0.25) is 0 Å². The summed E-state index contributed by atoms with van der Waals surface area (Å²) in [5.41, 5.74) is 11.1. The zero-order chi connectivity index (χ0) is 19.7. The number of nitrogens with zero attached hydrogens (tertiary/aromatic N) is 3. The third-order valence-corrected chi connectivity index (χ3v) is 4.57. The van der Waals surface area contributed by atoms with Gasteiger partial charge in [0.05, 0.1) is 5.52 Å². The number of pyridine rings is 1. The molecule has 0 aliphatic heterocycles. The molecule has 6 heteroatoms. The van der Waals surface area contributed by atoms with Crippen LogP contribution in [0.5, 0.6) is 0 Å². The predicted octanol–water partition coefficient (Wildman–Crippen LogP) is 4.14. The molecule has 0 aliphatic rings. The van der Waals surface area contributed by atoms with Gasteiger partial charge in [0.15, 0.2) is 0 Å². The van der Waals surface area contributed by atoms with E-state index in [9.17, 15) is 4.79 Å². The highest BCUT2D eigenvalue weighted by atomic mass is 16.1. The number of nitrogen functional groups attached to an aromatic ring is 1. The summed E-state index contributed by atoms with van der Waals surface area (Å²) in [6, 6.07) is 15.2. The number of amides is 1. The second kappa shape index (κ2) is 7.08. The molecule has 0 spiro atoms. The Morgan fingerprint density at radius 3 is 2.68 bits per heavy atom. The Kier molecular flexibility index (Phi) is 4.45. The van der Waals surface area contributed by atoms with Crippen LogP contribution in [0.1, 0.15) is 21.5 Å². The summed E-state index contributed by atoms with van der Waals surface area (Å²) in [4.78, 5) is 25.2. The van der Waals surface area contributed by atoms with Gasteiger partial charge in [-0.15, -0.1) is 0 Å². The van der Waals surface area contributed by atoms with Crippen LogP contribution < -0.4 is 11.1 Å². The summed E-state index contributed by atoms with van der Waals surface area (Å²) in [5, 5.41) is 3.74. The van der Waals surface area contributed by atoms with Crippen LogP contribution in [0.4, 0.5) is 11.8 Å². The molecule has 2 heterocycles. The maximum atomic E-state index is 12.7. The van der Waals surface area contributed by atoms with Crippen LogP contribution in [0.15, 0.2) is 60.9 Å². The molecule has 0 saturated carbocycles. The topological polar surface area (TPSA) is 93.8 Å². The van der Waals surface area contributed by atoms with Gasteiger partial charge in [-0.05, 0) is 72.5 Å². The molecule has 4 rings (SSSR count). The maximum Gasteiger partial charge on any atom is 0.256 e. The highest BCUT2D eigenvalue weighted by Gasteiger charge is 2.11. The molecule has 0 saturated heterocycles. The minimum absolute atomic E-state index is 0.198. The molecule has 1 amide bonds. The number of rotatable bonds is 3. The van der Waals surface area contributed by atoms with Crippen molar-refractivity contribution >= 4 is 28.6 Å². The quantitative estimate of drug-likeness (QED) is 0.566. The average molecular weight is 369 g/mol. The van der Waals surface area contributed by atoms with Gasteiger partial charge < -0.3 is 11.1 Å². The predicted molar refractivity (Wildman–Crippen MR) is 111 cm³/mol. The van der Waals surface area contributed by atoms with E-state index in [4.69, 9.17) is 5.73 Å². The van der Waals surface area contributed by atoms with Crippen molar-refractivity contribution in [2.45, 2.75) is 13.8 Å². The van der Waals surface area contributed by atoms with Crippen LogP contribution >= 0.6 is 0 Å². The molecule has 2 aromatic heterocycles. The fraction of sp³-hybridized carbons (Fsp3) is 0.0909. The molecule has 0 fully saturated rings. The second-order valence-corrected chi connectivity index (χ2v) is 6.70. The number of benzene rings is 2. The molecule has 0 aliphatic carbocycles. The Bertz CT molecular complexity index is 1200. The number of aromatic nitrogens is 3. The van der Waals surface area contributed by atoms with E-state index in [-0.39, 0.29) is 11.9 Å². The minimum atomic E-state index is -0.198. The third kappa shape index (κ3) is 3.53. The van der Waals surface area contributed by atoms with Crippen molar-refractivity contribution in [2.75, 3.05) is 11.1 Å². The molecule has 0 bridgehead atoms. The van der Waals surface area contributed by atoms with Gasteiger partial charge >= 0.3 is 0 Å². The molecule has 0 atom stereocenters. The van der Waals surface area contributed by atoms with Gasteiger partial charge in [-0.1, -0.05) is 12.1 Å². The lowest BCUT2D eigenvalue weighted by atomic mass is 9.97. The normalized spacial score (nSPS) is 10.8. The number of anilines is 2. The lowest BCUT2D eigenvalue weighted by Gasteiger charge is -2.11. The maximum absolute atomic E-state index is 12.7. The summed E-state index contributed by atoms with van der Waals surface area (Å²) < 4.78 is 0. The van der Waals surface area contributed by atoms with Crippen molar-refractivity contribution < 1.29 is 4.79 Å². The van der Waals surface area contributed by atoms with Crippen LogP contribution in [0.25, 0.3) is 22.0 Å². The first-order chi connectivity index (χ1) is 13.5. The summed E-state index contributed by atoms with van der Waals surface area (Å²) in [7, 11) is 0. The summed E-state index contributed by atoms with van der Waals surface area (Å²) in [6.45, 7) is 3.97. The molecular formula is C22H19N5O. The molecule has 2 aromatic carbocycles. The van der Waals surface area contributed by atoms with Crippen molar-refractivity contribution in [1.82, 2.24) is 15.0 Å². The first-order valence-corrected chi connectivity index (χ1v) is 8.87. The van der Waals surface area contributed by atoms with Gasteiger partial charge in [0.25, 0.3) is 5.91 Å². The molecule has 6 nitrogen and oxygen atoms in total. The Balaban J connectivity index is 1.69. The molecule has 138 valence electrons. The third-order valence-electron chi connectivity index (χ3n) is 4.57. The number of aryl methyl sites for hydroxylation is 2. The molecule has 3 N–H and O–H groups in total. The highest BCUT2D eigenvalue weighted by Crippen LogP contribution is 2.28. The monoisotopic (exact) mass is 369 g/mol. The van der Waals surface area contributed by atoms with Gasteiger partial charge in [0.2, 0.25) is 5.95 Å². The van der Waals surface area contributed by atoms with Crippen molar-refractivity contribution in [2.24, 2.45) is 0 Å². The Labute approximate surface area is 162 Å². The number of hydrogen-bond acceptors (Lipinski definition) is 5. The zero-order valence-electron chi connectivity index (χ0n) is 15.6. The van der Waals surface area contributed by atoms with E-state index in [0.717, 1.165) is 33.2 Å². The van der Waals surface area contributed by atoms with Gasteiger partial charge in [-0.3, -0.25) is 4.79 Å². The number of carbonyl (C=O) groups excluding carboxylic acids is 1. The van der Waals surface area contributed by atoms with Crippen molar-refractivity contribution in [3.05, 3.63) is 77.6 Å². The van der Waals surface area contributed by atoms with E-state index in [1.807, 2.05) is 62.4 Å². The SMILES string of the molecule is Cc1ccnc(NC(=O)c2ccc(C)c(-c3ccc4nc(N)ncc4c3)c2)c1. The lowest BCUT2D eigenvalue weighted by Crippen LogP contribution is -2.13. The number of carbonyl (C=O) groups is 1. The largest absolute Gasteiger partial charge is 0.368 e. The van der Waals surface area contributed by atoms with Gasteiger partial charge in [0, 0.05) is 23.3 Å². The Morgan fingerprint density at radius 2 is 1.86 bits per heavy atom. The van der Waals surface area contributed by atoms with Gasteiger partial charge in [-0.25, -0.2) is 15.0 Å². The fourth-order valence-corrected chi connectivity index (χ4v) is 3.08. The second-order valence-electron chi connectivity index (χ2n) is 6.70. The standard InChI is InChI=1S/C22H19N5O/c1-13-7-8-24-20(9-13)27-21(28)16-4-3-14(2)18(11-16)15-5-6-19-17(10-15)12-25-22(23)26-19/h3-12H,1-2H3,(H2,23,25,26)(H,24,27,28). The summed E-state index contributed by atoms with van der Waals surface area (Å²) in [5.74, 6) is 0.587. The van der Waals surface area contributed by atoms with Crippen molar-refractivity contribution in [3.8, 4) is 11.1 Å². The number of fused-ring (bicyclic) bond motifs is 1. The highest BCUT2D eigenvalue weighted by molar-refractivity contribution is 6.04. The molecule has 4 aromatic rings. The molecular weight excluding hydrogens is 350 g/mol. The molecule has 28 heavy (non-hydrogen) atoms. The Morgan fingerprint density at radius 1 is 1.00 bits per heavy atom. The van der Waals surface area contributed by atoms with E-state index < -0.39 is 0 Å². The molecule has 0 radical (unpaired) electrons. The van der Waals surface area contributed by atoms with E-state index in [2.05, 4.69) is 20.3 Å². The molecule has 0 unspecified atom stereocenters. The number of nitrogens with one attached hydrogen (secondary N) is 1. The fourth-order valence-electron chi connectivity index (χ4n) is 3.08. The van der Waals surface area contributed by atoms with Crippen LogP contribution in [0.3, 0.4) is 0 Å². The van der Waals surface area contributed by atoms with E-state index in [1.165, 1.54) is 0 Å². The first kappa shape index (κ1) is 17.6. The van der Waals surface area contributed by atoms with Gasteiger partial charge in [0.1, 0.15) is 5.82 Å². The minimum Gasteiger partial charge on any atom is -0.368 e. The summed E-state index contributed by atoms with van der Waals surface area (Å²) in [6.07, 6.45) is 3.38. The van der Waals surface area contributed by atoms with Gasteiger partial charge in [-0.2, -0.15) is 0 Å². The average Bonchev–Trinajstić information content (AvgIpc) is 2.68. The van der Waals surface area contributed by atoms with Crippen LogP contribution in [0, 0.1) is 13.8 Å². The number of nitrogens with two attached hydrogens (primary N) is 1. The van der Waals surface area contributed by atoms with Crippen LogP contribution in [-0.4, -0.2) is 20.9 Å². The van der Waals surface area contributed by atoms with Crippen molar-refractivity contribution in [1.29, 1.82) is 0 Å². The summed E-state index contributed by atoms with van der Waals surface area (Å²) >= 11 is 0. The lowest BCUT2D eigenvalue weighted by molar-refractivity contribution is 0.102. The number of hydrogen-bond donors (Lipinski definition) is 2.